The Kier molecular flexibility index (Phi) is 5.50. The number of aromatic nitrogens is 2. The molecule has 0 bridgehead atoms. The molecule has 0 aliphatic heterocycles. The van der Waals surface area contributed by atoms with E-state index in [1.165, 1.54) is 5.56 Å². The molecule has 106 valence electrons. The molecule has 1 heterocycles. The van der Waals surface area contributed by atoms with Gasteiger partial charge in [0.25, 0.3) is 0 Å². The van der Waals surface area contributed by atoms with E-state index in [-0.39, 0.29) is 6.04 Å². The summed E-state index contributed by atoms with van der Waals surface area (Å²) in [7, 11) is 0. The van der Waals surface area contributed by atoms with Gasteiger partial charge in [-0.2, -0.15) is 0 Å². The Bertz CT molecular complexity index is 543. The Balaban J connectivity index is 2.19. The average molecular weight is 290 g/mol. The maximum absolute atomic E-state index is 6.33. The molecule has 2 rings (SSSR count). The molecule has 2 aromatic rings. The molecule has 0 amide bonds. The maximum Gasteiger partial charge on any atom is 0.145 e. The van der Waals surface area contributed by atoms with Gasteiger partial charge in [-0.1, -0.05) is 30.7 Å². The van der Waals surface area contributed by atoms with Gasteiger partial charge >= 0.3 is 0 Å². The highest BCUT2D eigenvalue weighted by molar-refractivity contribution is 6.31. The number of halogens is 1. The van der Waals surface area contributed by atoms with Crippen LogP contribution in [0.4, 0.5) is 0 Å². The predicted octanol–water partition coefficient (Wildman–Crippen LogP) is 3.72. The van der Waals surface area contributed by atoms with Gasteiger partial charge in [0.2, 0.25) is 0 Å². The van der Waals surface area contributed by atoms with Crippen LogP contribution in [0.15, 0.2) is 36.7 Å². The SMILES string of the molecule is CCCNC(Cc1ccc(C)cc1Cl)c1ncccn1. The zero-order valence-corrected chi connectivity index (χ0v) is 12.7. The summed E-state index contributed by atoms with van der Waals surface area (Å²) in [5.41, 5.74) is 2.30. The first kappa shape index (κ1) is 14.9. The smallest absolute Gasteiger partial charge is 0.145 e. The molecule has 1 aromatic carbocycles. The molecule has 3 nitrogen and oxygen atoms in total. The van der Waals surface area contributed by atoms with Crippen LogP contribution < -0.4 is 5.32 Å². The molecule has 0 saturated carbocycles. The largest absolute Gasteiger partial charge is 0.307 e. The maximum atomic E-state index is 6.33. The lowest BCUT2D eigenvalue weighted by Gasteiger charge is -2.18. The number of hydrogen-bond donors (Lipinski definition) is 1. The summed E-state index contributed by atoms with van der Waals surface area (Å²) in [6.07, 6.45) is 5.42. The Morgan fingerprint density at radius 3 is 2.65 bits per heavy atom. The fraction of sp³-hybridized carbons (Fsp3) is 0.375. The molecule has 0 radical (unpaired) electrons. The van der Waals surface area contributed by atoms with Gasteiger partial charge in [-0.15, -0.1) is 0 Å². The van der Waals surface area contributed by atoms with Gasteiger partial charge in [0.1, 0.15) is 5.82 Å². The minimum atomic E-state index is 0.0938. The minimum absolute atomic E-state index is 0.0938. The quantitative estimate of drug-likeness (QED) is 0.881. The number of aryl methyl sites for hydroxylation is 1. The highest BCUT2D eigenvalue weighted by Crippen LogP contribution is 2.23. The van der Waals surface area contributed by atoms with Gasteiger partial charge in [-0.3, -0.25) is 0 Å². The van der Waals surface area contributed by atoms with Crippen molar-refractivity contribution in [2.45, 2.75) is 32.7 Å². The zero-order valence-electron chi connectivity index (χ0n) is 11.9. The summed E-state index contributed by atoms with van der Waals surface area (Å²) in [6.45, 7) is 5.13. The summed E-state index contributed by atoms with van der Waals surface area (Å²) in [4.78, 5) is 8.72. The molecule has 0 saturated heterocycles. The number of rotatable bonds is 6. The third-order valence-electron chi connectivity index (χ3n) is 3.17. The van der Waals surface area contributed by atoms with E-state index in [0.717, 1.165) is 35.8 Å². The van der Waals surface area contributed by atoms with Crippen molar-refractivity contribution in [3.05, 3.63) is 58.6 Å². The molecule has 1 aromatic heterocycles. The molecular formula is C16H20ClN3. The third-order valence-corrected chi connectivity index (χ3v) is 3.52. The van der Waals surface area contributed by atoms with E-state index in [4.69, 9.17) is 11.6 Å². The lowest BCUT2D eigenvalue weighted by Crippen LogP contribution is -2.26. The standard InChI is InChI=1S/C16H20ClN3/c1-3-7-18-15(16-19-8-4-9-20-16)11-13-6-5-12(2)10-14(13)17/h4-6,8-10,15,18H,3,7,11H2,1-2H3. The van der Waals surface area contributed by atoms with Crippen molar-refractivity contribution in [1.29, 1.82) is 0 Å². The number of benzene rings is 1. The van der Waals surface area contributed by atoms with Crippen LogP contribution in [-0.4, -0.2) is 16.5 Å². The van der Waals surface area contributed by atoms with Gasteiger partial charge in [0.15, 0.2) is 0 Å². The molecule has 0 aliphatic carbocycles. The van der Waals surface area contributed by atoms with Crippen LogP contribution in [0.1, 0.15) is 36.3 Å². The molecule has 0 aliphatic rings. The first-order valence-corrected chi connectivity index (χ1v) is 7.34. The van der Waals surface area contributed by atoms with Crippen molar-refractivity contribution < 1.29 is 0 Å². The summed E-state index contributed by atoms with van der Waals surface area (Å²) >= 11 is 6.33. The van der Waals surface area contributed by atoms with Gasteiger partial charge in [0.05, 0.1) is 6.04 Å². The van der Waals surface area contributed by atoms with E-state index in [0.29, 0.717) is 0 Å². The first-order valence-electron chi connectivity index (χ1n) is 6.96. The van der Waals surface area contributed by atoms with Crippen LogP contribution in [0.5, 0.6) is 0 Å². The Hall–Kier alpha value is -1.45. The van der Waals surface area contributed by atoms with Gasteiger partial charge < -0.3 is 5.32 Å². The fourth-order valence-corrected chi connectivity index (χ4v) is 2.41. The van der Waals surface area contributed by atoms with Crippen LogP contribution in [0.25, 0.3) is 0 Å². The van der Waals surface area contributed by atoms with Gasteiger partial charge in [-0.25, -0.2) is 9.97 Å². The molecule has 1 N–H and O–H groups in total. The topological polar surface area (TPSA) is 37.8 Å². The van der Waals surface area contributed by atoms with Crippen LogP contribution in [0.3, 0.4) is 0 Å². The summed E-state index contributed by atoms with van der Waals surface area (Å²) in [6, 6.07) is 8.10. The van der Waals surface area contributed by atoms with E-state index < -0.39 is 0 Å². The first-order chi connectivity index (χ1) is 9.70. The van der Waals surface area contributed by atoms with Crippen molar-refractivity contribution in [2.24, 2.45) is 0 Å². The Labute approximate surface area is 125 Å². The van der Waals surface area contributed by atoms with Crippen molar-refractivity contribution in [3.63, 3.8) is 0 Å². The van der Waals surface area contributed by atoms with Crippen LogP contribution in [0, 0.1) is 6.92 Å². The van der Waals surface area contributed by atoms with E-state index in [2.05, 4.69) is 34.3 Å². The Morgan fingerprint density at radius 1 is 1.25 bits per heavy atom. The lowest BCUT2D eigenvalue weighted by molar-refractivity contribution is 0.504. The van der Waals surface area contributed by atoms with E-state index in [1.54, 1.807) is 12.4 Å². The summed E-state index contributed by atoms with van der Waals surface area (Å²) in [5, 5.41) is 4.30. The van der Waals surface area contributed by atoms with Crippen LogP contribution in [-0.2, 0) is 6.42 Å². The van der Waals surface area contributed by atoms with E-state index in [9.17, 15) is 0 Å². The van der Waals surface area contributed by atoms with Gasteiger partial charge in [-0.05, 0) is 49.6 Å². The second-order valence-corrected chi connectivity index (χ2v) is 5.32. The fourth-order valence-electron chi connectivity index (χ4n) is 2.10. The molecule has 0 fully saturated rings. The minimum Gasteiger partial charge on any atom is -0.307 e. The molecule has 1 atom stereocenters. The van der Waals surface area contributed by atoms with Crippen molar-refractivity contribution in [2.75, 3.05) is 6.54 Å². The van der Waals surface area contributed by atoms with Gasteiger partial charge in [0, 0.05) is 17.4 Å². The molecule has 0 spiro atoms. The van der Waals surface area contributed by atoms with Crippen molar-refractivity contribution >= 4 is 11.6 Å². The van der Waals surface area contributed by atoms with E-state index in [1.807, 2.05) is 19.1 Å². The second-order valence-electron chi connectivity index (χ2n) is 4.91. The Morgan fingerprint density at radius 2 is 2.00 bits per heavy atom. The average Bonchev–Trinajstić information content (AvgIpc) is 2.46. The van der Waals surface area contributed by atoms with Crippen LogP contribution >= 0.6 is 11.6 Å². The van der Waals surface area contributed by atoms with Crippen molar-refractivity contribution in [3.8, 4) is 0 Å². The lowest BCUT2D eigenvalue weighted by atomic mass is 10.0. The number of nitrogens with zero attached hydrogens (tertiary/aromatic N) is 2. The number of hydrogen-bond acceptors (Lipinski definition) is 3. The normalized spacial score (nSPS) is 12.3. The monoisotopic (exact) mass is 289 g/mol. The predicted molar refractivity (Wildman–Crippen MR) is 83.0 cm³/mol. The molecule has 1 unspecified atom stereocenters. The third kappa shape index (κ3) is 4.02. The second kappa shape index (κ2) is 7.36. The zero-order chi connectivity index (χ0) is 14.4. The van der Waals surface area contributed by atoms with Crippen LogP contribution in [0.2, 0.25) is 5.02 Å². The highest BCUT2D eigenvalue weighted by Gasteiger charge is 2.15. The molecule has 4 heteroatoms. The number of nitrogens with one attached hydrogen (secondary N) is 1. The van der Waals surface area contributed by atoms with E-state index >= 15 is 0 Å². The van der Waals surface area contributed by atoms with Crippen molar-refractivity contribution in [1.82, 2.24) is 15.3 Å². The summed E-state index contributed by atoms with van der Waals surface area (Å²) in [5.74, 6) is 0.817. The molecular weight excluding hydrogens is 270 g/mol. The highest BCUT2D eigenvalue weighted by atomic mass is 35.5. The summed E-state index contributed by atoms with van der Waals surface area (Å²) < 4.78 is 0. The molecule has 20 heavy (non-hydrogen) atoms.